The Hall–Kier alpha value is -3.00. The lowest BCUT2D eigenvalue weighted by atomic mass is 9.90. The van der Waals surface area contributed by atoms with E-state index in [0.717, 1.165) is 72.7 Å². The summed E-state index contributed by atoms with van der Waals surface area (Å²) >= 11 is 0. The summed E-state index contributed by atoms with van der Waals surface area (Å²) in [7, 11) is 4.10. The van der Waals surface area contributed by atoms with Crippen molar-refractivity contribution in [3.8, 4) is 5.69 Å². The highest BCUT2D eigenvalue weighted by Gasteiger charge is 2.32. The fourth-order valence-electron chi connectivity index (χ4n) is 4.92. The molecular weight excluding hydrogens is 426 g/mol. The van der Waals surface area contributed by atoms with Crippen LogP contribution in [0.5, 0.6) is 0 Å². The molecular formula is C26H37N7O. The molecule has 1 aliphatic rings. The van der Waals surface area contributed by atoms with Crippen molar-refractivity contribution >= 4 is 22.6 Å². The van der Waals surface area contributed by atoms with E-state index in [4.69, 9.17) is 5.10 Å². The van der Waals surface area contributed by atoms with Gasteiger partial charge in [0.2, 0.25) is 5.91 Å². The van der Waals surface area contributed by atoms with Crippen LogP contribution in [0.1, 0.15) is 43.1 Å². The van der Waals surface area contributed by atoms with Gasteiger partial charge in [-0.05, 0) is 79.7 Å². The van der Waals surface area contributed by atoms with Gasteiger partial charge < -0.3 is 15.1 Å². The van der Waals surface area contributed by atoms with Crippen molar-refractivity contribution in [1.82, 2.24) is 30.2 Å². The standard InChI is InChI=1S/C26H37N7O/c1-17-8-10-22(11-9-17)33-20(4)23-19(3)28-29-25(24(23)30-33)32-15-12-21(16-18(32)2)26(34)27-13-7-14-31(5)6/h8-11,18,21H,7,12-16H2,1-6H3,(H,27,34)/t18-,21+/m0/s1. The Bertz CT molecular complexity index is 1150. The van der Waals surface area contributed by atoms with Crippen molar-refractivity contribution in [3.63, 3.8) is 0 Å². The highest BCUT2D eigenvalue weighted by atomic mass is 16.1. The van der Waals surface area contributed by atoms with Crippen molar-refractivity contribution in [2.75, 3.05) is 38.6 Å². The predicted molar refractivity (Wildman–Crippen MR) is 137 cm³/mol. The number of nitrogens with zero attached hydrogens (tertiary/aromatic N) is 6. The van der Waals surface area contributed by atoms with Gasteiger partial charge in [-0.25, -0.2) is 4.68 Å². The smallest absolute Gasteiger partial charge is 0.223 e. The van der Waals surface area contributed by atoms with Crippen LogP contribution >= 0.6 is 0 Å². The van der Waals surface area contributed by atoms with Crippen LogP contribution in [0.25, 0.3) is 16.6 Å². The molecule has 0 bridgehead atoms. The number of nitrogens with one attached hydrogen (secondary N) is 1. The Morgan fingerprint density at radius 2 is 1.88 bits per heavy atom. The Morgan fingerprint density at radius 3 is 2.56 bits per heavy atom. The number of hydrogen-bond donors (Lipinski definition) is 1. The molecule has 8 heteroatoms. The fourth-order valence-corrected chi connectivity index (χ4v) is 4.92. The number of hydrogen-bond acceptors (Lipinski definition) is 6. The highest BCUT2D eigenvalue weighted by Crippen LogP contribution is 2.33. The lowest BCUT2D eigenvalue weighted by Crippen LogP contribution is -2.46. The lowest BCUT2D eigenvalue weighted by molar-refractivity contribution is -0.125. The van der Waals surface area contributed by atoms with Crippen molar-refractivity contribution in [3.05, 3.63) is 41.2 Å². The van der Waals surface area contributed by atoms with Crippen LogP contribution < -0.4 is 10.2 Å². The second kappa shape index (κ2) is 10.1. The molecule has 3 heterocycles. The quantitative estimate of drug-likeness (QED) is 0.541. The molecule has 4 rings (SSSR count). The Balaban J connectivity index is 1.54. The summed E-state index contributed by atoms with van der Waals surface area (Å²) in [6.45, 7) is 10.8. The van der Waals surface area contributed by atoms with Crippen molar-refractivity contribution in [2.45, 2.75) is 53.0 Å². The molecule has 8 nitrogen and oxygen atoms in total. The third kappa shape index (κ3) is 4.92. The first-order valence-corrected chi connectivity index (χ1v) is 12.2. The number of piperidine rings is 1. The molecule has 0 saturated carbocycles. The van der Waals surface area contributed by atoms with E-state index in [9.17, 15) is 4.79 Å². The normalized spacial score (nSPS) is 18.6. The number of benzene rings is 1. The molecule has 2 atom stereocenters. The van der Waals surface area contributed by atoms with E-state index < -0.39 is 0 Å². The van der Waals surface area contributed by atoms with Gasteiger partial charge in [-0.2, -0.15) is 10.2 Å². The third-order valence-corrected chi connectivity index (χ3v) is 6.86. The first-order chi connectivity index (χ1) is 16.3. The summed E-state index contributed by atoms with van der Waals surface area (Å²) in [5.41, 5.74) is 5.07. The van der Waals surface area contributed by atoms with Gasteiger partial charge in [0.05, 0.1) is 22.5 Å². The monoisotopic (exact) mass is 463 g/mol. The van der Waals surface area contributed by atoms with Crippen LogP contribution in [-0.2, 0) is 4.79 Å². The molecule has 1 aliphatic heterocycles. The molecule has 0 spiro atoms. The maximum absolute atomic E-state index is 12.7. The molecule has 1 aromatic carbocycles. The summed E-state index contributed by atoms with van der Waals surface area (Å²) in [4.78, 5) is 17.1. The molecule has 1 amide bonds. The van der Waals surface area contributed by atoms with Crippen molar-refractivity contribution in [1.29, 1.82) is 0 Å². The van der Waals surface area contributed by atoms with Crippen LogP contribution in [0.4, 0.5) is 5.82 Å². The number of aryl methyl sites for hydroxylation is 3. The van der Waals surface area contributed by atoms with Crippen LogP contribution in [0.15, 0.2) is 24.3 Å². The fraction of sp³-hybridized carbons (Fsp3) is 0.538. The number of rotatable bonds is 7. The van der Waals surface area contributed by atoms with E-state index in [1.807, 2.05) is 11.6 Å². The van der Waals surface area contributed by atoms with E-state index in [0.29, 0.717) is 0 Å². The summed E-state index contributed by atoms with van der Waals surface area (Å²) in [6.07, 6.45) is 2.57. The summed E-state index contributed by atoms with van der Waals surface area (Å²) in [6, 6.07) is 8.56. The first kappa shape index (κ1) is 24.1. The average Bonchev–Trinajstić information content (AvgIpc) is 3.15. The second-order valence-electron chi connectivity index (χ2n) is 9.88. The van der Waals surface area contributed by atoms with E-state index in [-0.39, 0.29) is 17.9 Å². The van der Waals surface area contributed by atoms with E-state index in [1.165, 1.54) is 5.56 Å². The minimum atomic E-state index is 0.0337. The molecule has 34 heavy (non-hydrogen) atoms. The maximum Gasteiger partial charge on any atom is 0.223 e. The minimum absolute atomic E-state index is 0.0337. The largest absolute Gasteiger partial charge is 0.356 e. The highest BCUT2D eigenvalue weighted by molar-refractivity contribution is 5.92. The predicted octanol–water partition coefficient (Wildman–Crippen LogP) is 3.41. The van der Waals surface area contributed by atoms with Gasteiger partial charge in [0, 0.05) is 25.0 Å². The zero-order valence-corrected chi connectivity index (χ0v) is 21.3. The van der Waals surface area contributed by atoms with Gasteiger partial charge in [-0.15, -0.1) is 5.10 Å². The van der Waals surface area contributed by atoms with Crippen LogP contribution in [0.2, 0.25) is 0 Å². The van der Waals surface area contributed by atoms with Gasteiger partial charge in [0.15, 0.2) is 5.82 Å². The van der Waals surface area contributed by atoms with Gasteiger partial charge in [0.25, 0.3) is 0 Å². The zero-order chi connectivity index (χ0) is 24.4. The number of anilines is 1. The Morgan fingerprint density at radius 1 is 1.15 bits per heavy atom. The molecule has 1 saturated heterocycles. The molecule has 3 aromatic rings. The zero-order valence-electron chi connectivity index (χ0n) is 21.3. The molecule has 2 aromatic heterocycles. The maximum atomic E-state index is 12.7. The number of fused-ring (bicyclic) bond motifs is 1. The number of carbonyl (C=O) groups is 1. The van der Waals surface area contributed by atoms with Crippen molar-refractivity contribution < 1.29 is 4.79 Å². The SMILES string of the molecule is Cc1ccc(-n2nc3c(N4CC[C@@H](C(=O)NCCCN(C)C)C[C@@H]4C)nnc(C)c3c2C)cc1. The van der Waals surface area contributed by atoms with Gasteiger partial charge in [-0.3, -0.25) is 4.79 Å². The van der Waals surface area contributed by atoms with E-state index >= 15 is 0 Å². The van der Waals surface area contributed by atoms with Gasteiger partial charge in [0.1, 0.15) is 5.52 Å². The molecule has 182 valence electrons. The Kier molecular flexibility index (Phi) is 7.16. The third-order valence-electron chi connectivity index (χ3n) is 6.86. The topological polar surface area (TPSA) is 79.2 Å². The van der Waals surface area contributed by atoms with Gasteiger partial charge >= 0.3 is 0 Å². The summed E-state index contributed by atoms with van der Waals surface area (Å²) in [5, 5.41) is 18.2. The van der Waals surface area contributed by atoms with Crippen LogP contribution in [-0.4, -0.2) is 70.6 Å². The van der Waals surface area contributed by atoms with E-state index in [2.05, 4.69) is 84.4 Å². The molecule has 0 unspecified atom stereocenters. The van der Waals surface area contributed by atoms with Crippen molar-refractivity contribution in [2.24, 2.45) is 5.92 Å². The summed E-state index contributed by atoms with van der Waals surface area (Å²) in [5.74, 6) is 1.02. The van der Waals surface area contributed by atoms with Crippen LogP contribution in [0, 0.1) is 26.7 Å². The number of aromatic nitrogens is 4. The number of carbonyl (C=O) groups excluding carboxylic acids is 1. The van der Waals surface area contributed by atoms with Crippen LogP contribution in [0.3, 0.4) is 0 Å². The molecule has 1 N–H and O–H groups in total. The van der Waals surface area contributed by atoms with Gasteiger partial charge in [-0.1, -0.05) is 17.7 Å². The summed E-state index contributed by atoms with van der Waals surface area (Å²) < 4.78 is 1.99. The average molecular weight is 464 g/mol. The first-order valence-electron chi connectivity index (χ1n) is 12.2. The molecule has 0 radical (unpaired) electrons. The van der Waals surface area contributed by atoms with E-state index in [1.54, 1.807) is 0 Å². The lowest BCUT2D eigenvalue weighted by Gasteiger charge is -2.37. The second-order valence-corrected chi connectivity index (χ2v) is 9.88. The molecule has 1 fully saturated rings. The molecule has 0 aliphatic carbocycles. The number of amides is 1. The Labute approximate surface area is 202 Å². The minimum Gasteiger partial charge on any atom is -0.356 e.